The summed E-state index contributed by atoms with van der Waals surface area (Å²) in [5.74, 6) is 1.55. The minimum absolute atomic E-state index is 0.0568. The highest BCUT2D eigenvalue weighted by Gasteiger charge is 2.26. The summed E-state index contributed by atoms with van der Waals surface area (Å²) in [6.07, 6.45) is 1.17. The van der Waals surface area contributed by atoms with Crippen LogP contribution in [0.1, 0.15) is 25.8 Å². The van der Waals surface area contributed by atoms with Crippen molar-refractivity contribution in [1.29, 1.82) is 0 Å². The highest BCUT2D eigenvalue weighted by molar-refractivity contribution is 5.86. The summed E-state index contributed by atoms with van der Waals surface area (Å²) in [5, 5.41) is 3.29. The summed E-state index contributed by atoms with van der Waals surface area (Å²) in [5.41, 5.74) is 1.18. The maximum atomic E-state index is 12.0. The summed E-state index contributed by atoms with van der Waals surface area (Å²) in [6, 6.07) is 10.2. The lowest BCUT2D eigenvalue weighted by molar-refractivity contribution is -0.127. The second-order valence-electron chi connectivity index (χ2n) is 7.35. The zero-order valence-corrected chi connectivity index (χ0v) is 17.3. The maximum absolute atomic E-state index is 12.0. The van der Waals surface area contributed by atoms with Gasteiger partial charge in [0.25, 0.3) is 0 Å². The standard InChI is InChI=1S/C21H35N5O/c1-5-25(6-2)16-19-12-13-26(17-19)21(23-15-20(27)24(3)4)22-14-18-10-8-7-9-11-18/h7-11,19H,5-6,12-17H2,1-4H3,(H,22,23). The molecule has 6 heteroatoms. The van der Waals surface area contributed by atoms with Gasteiger partial charge in [0, 0.05) is 33.7 Å². The number of rotatable bonds is 8. The fraction of sp³-hybridized carbons (Fsp3) is 0.619. The minimum atomic E-state index is 0.0568. The van der Waals surface area contributed by atoms with Crippen LogP contribution in [0.4, 0.5) is 0 Å². The lowest BCUT2D eigenvalue weighted by atomic mass is 10.1. The van der Waals surface area contributed by atoms with Crippen molar-refractivity contribution >= 4 is 11.9 Å². The third-order valence-corrected chi connectivity index (χ3v) is 5.15. The van der Waals surface area contributed by atoms with E-state index >= 15 is 0 Å². The van der Waals surface area contributed by atoms with Gasteiger partial charge in [-0.2, -0.15) is 0 Å². The number of benzene rings is 1. The van der Waals surface area contributed by atoms with Crippen molar-refractivity contribution in [1.82, 2.24) is 20.0 Å². The molecule has 0 aromatic heterocycles. The first-order chi connectivity index (χ1) is 13.0. The fourth-order valence-corrected chi connectivity index (χ4v) is 3.35. The zero-order chi connectivity index (χ0) is 19.6. The predicted octanol–water partition coefficient (Wildman–Crippen LogP) is 1.88. The van der Waals surface area contributed by atoms with Crippen molar-refractivity contribution in [2.45, 2.75) is 26.8 Å². The van der Waals surface area contributed by atoms with Crippen molar-refractivity contribution in [2.24, 2.45) is 10.9 Å². The third kappa shape index (κ3) is 6.86. The molecule has 6 nitrogen and oxygen atoms in total. The van der Waals surface area contributed by atoms with Crippen LogP contribution >= 0.6 is 0 Å². The van der Waals surface area contributed by atoms with Gasteiger partial charge in [0.1, 0.15) is 0 Å². The van der Waals surface area contributed by atoms with E-state index in [1.807, 2.05) is 18.2 Å². The van der Waals surface area contributed by atoms with Crippen LogP contribution < -0.4 is 5.32 Å². The van der Waals surface area contributed by atoms with Crippen LogP contribution in [0.15, 0.2) is 35.3 Å². The lowest BCUT2D eigenvalue weighted by Crippen LogP contribution is -2.45. The molecule has 1 aliphatic heterocycles. The van der Waals surface area contributed by atoms with Gasteiger partial charge >= 0.3 is 0 Å². The second kappa shape index (κ2) is 10.9. The SMILES string of the molecule is CCN(CC)CC1CCN(C(=NCc2ccccc2)NCC(=O)N(C)C)C1. The van der Waals surface area contributed by atoms with E-state index in [2.05, 4.69) is 41.1 Å². The van der Waals surface area contributed by atoms with Gasteiger partial charge in [-0.05, 0) is 31.0 Å². The Hall–Kier alpha value is -2.08. The number of likely N-dealkylation sites (tertiary alicyclic amines) is 1. The van der Waals surface area contributed by atoms with Crippen LogP contribution in [0.3, 0.4) is 0 Å². The van der Waals surface area contributed by atoms with Crippen molar-refractivity contribution in [3.8, 4) is 0 Å². The number of nitrogens with zero attached hydrogens (tertiary/aromatic N) is 4. The third-order valence-electron chi connectivity index (χ3n) is 5.15. The molecule has 0 aliphatic carbocycles. The van der Waals surface area contributed by atoms with Crippen molar-refractivity contribution in [2.75, 3.05) is 53.4 Å². The van der Waals surface area contributed by atoms with E-state index in [1.165, 1.54) is 12.0 Å². The van der Waals surface area contributed by atoms with Crippen LogP contribution in [0.5, 0.6) is 0 Å². The van der Waals surface area contributed by atoms with Crippen molar-refractivity contribution < 1.29 is 4.79 Å². The summed E-state index contributed by atoms with van der Waals surface area (Å²) >= 11 is 0. The highest BCUT2D eigenvalue weighted by atomic mass is 16.2. The van der Waals surface area contributed by atoms with Crippen LogP contribution in [0, 0.1) is 5.92 Å². The number of guanidine groups is 1. The molecule has 0 saturated carbocycles. The Morgan fingerprint density at radius 3 is 2.56 bits per heavy atom. The van der Waals surface area contributed by atoms with Crippen LogP contribution in [0.25, 0.3) is 0 Å². The first-order valence-corrected chi connectivity index (χ1v) is 10.0. The first kappa shape index (κ1) is 21.2. The summed E-state index contributed by atoms with van der Waals surface area (Å²) < 4.78 is 0. The van der Waals surface area contributed by atoms with Crippen LogP contribution in [-0.4, -0.2) is 79.9 Å². The number of carbonyl (C=O) groups excluding carboxylic acids is 1. The van der Waals surface area contributed by atoms with E-state index in [0.717, 1.165) is 38.7 Å². The van der Waals surface area contributed by atoms with Gasteiger partial charge in [0.15, 0.2) is 5.96 Å². The molecule has 1 fully saturated rings. The fourth-order valence-electron chi connectivity index (χ4n) is 3.35. The molecule has 1 unspecified atom stereocenters. The van der Waals surface area contributed by atoms with E-state index in [9.17, 15) is 4.79 Å². The smallest absolute Gasteiger partial charge is 0.241 e. The van der Waals surface area contributed by atoms with E-state index in [0.29, 0.717) is 12.5 Å². The van der Waals surface area contributed by atoms with Gasteiger partial charge in [-0.3, -0.25) is 4.79 Å². The average molecular weight is 374 g/mol. The number of nitrogens with one attached hydrogen (secondary N) is 1. The van der Waals surface area contributed by atoms with Gasteiger partial charge in [0.2, 0.25) is 5.91 Å². The number of amides is 1. The van der Waals surface area contributed by atoms with Gasteiger partial charge in [-0.1, -0.05) is 44.2 Å². The molecule has 1 amide bonds. The number of likely N-dealkylation sites (N-methyl/N-ethyl adjacent to an activating group) is 1. The van der Waals surface area contributed by atoms with E-state index < -0.39 is 0 Å². The van der Waals surface area contributed by atoms with Gasteiger partial charge < -0.3 is 20.0 Å². The van der Waals surface area contributed by atoms with E-state index in [-0.39, 0.29) is 12.5 Å². The van der Waals surface area contributed by atoms with Gasteiger partial charge in [-0.15, -0.1) is 0 Å². The zero-order valence-electron chi connectivity index (χ0n) is 17.3. The molecule has 1 atom stereocenters. The molecule has 2 rings (SSSR count). The van der Waals surface area contributed by atoms with E-state index in [4.69, 9.17) is 4.99 Å². The summed E-state index contributed by atoms with van der Waals surface area (Å²) in [6.45, 7) is 10.6. The molecular weight excluding hydrogens is 338 g/mol. The molecule has 1 heterocycles. The molecule has 1 aliphatic rings. The number of aliphatic imine (C=N–C) groups is 1. The predicted molar refractivity (Wildman–Crippen MR) is 112 cm³/mol. The Bertz CT molecular complexity index is 598. The molecule has 27 heavy (non-hydrogen) atoms. The van der Waals surface area contributed by atoms with Crippen molar-refractivity contribution in [3.63, 3.8) is 0 Å². The Kier molecular flexibility index (Phi) is 8.58. The Morgan fingerprint density at radius 1 is 1.22 bits per heavy atom. The van der Waals surface area contributed by atoms with Gasteiger partial charge in [0.05, 0.1) is 13.1 Å². The molecular formula is C21H35N5O. The largest absolute Gasteiger partial charge is 0.347 e. The first-order valence-electron chi connectivity index (χ1n) is 10.0. The highest BCUT2D eigenvalue weighted by Crippen LogP contribution is 2.18. The number of carbonyl (C=O) groups is 1. The maximum Gasteiger partial charge on any atom is 0.241 e. The van der Waals surface area contributed by atoms with Crippen molar-refractivity contribution in [3.05, 3.63) is 35.9 Å². The molecule has 1 aromatic carbocycles. The Balaban J connectivity index is 2.01. The minimum Gasteiger partial charge on any atom is -0.347 e. The molecule has 1 saturated heterocycles. The monoisotopic (exact) mass is 373 g/mol. The Labute approximate surface area is 164 Å². The molecule has 1 aromatic rings. The molecule has 0 spiro atoms. The molecule has 150 valence electrons. The number of hydrogen-bond donors (Lipinski definition) is 1. The van der Waals surface area contributed by atoms with Crippen LogP contribution in [0.2, 0.25) is 0 Å². The quantitative estimate of drug-likeness (QED) is 0.558. The summed E-state index contributed by atoms with van der Waals surface area (Å²) in [7, 11) is 3.56. The van der Waals surface area contributed by atoms with E-state index in [1.54, 1.807) is 19.0 Å². The lowest BCUT2D eigenvalue weighted by Gasteiger charge is -2.25. The van der Waals surface area contributed by atoms with Gasteiger partial charge in [-0.25, -0.2) is 4.99 Å². The molecule has 0 radical (unpaired) electrons. The van der Waals surface area contributed by atoms with Crippen LogP contribution in [-0.2, 0) is 11.3 Å². The average Bonchev–Trinajstić information content (AvgIpc) is 3.15. The number of hydrogen-bond acceptors (Lipinski definition) is 3. The second-order valence-corrected chi connectivity index (χ2v) is 7.35. The molecule has 1 N–H and O–H groups in total. The molecule has 0 bridgehead atoms. The summed E-state index contributed by atoms with van der Waals surface area (Å²) in [4.78, 5) is 23.2. The Morgan fingerprint density at radius 2 is 1.93 bits per heavy atom. The normalized spacial score (nSPS) is 17.4. The topological polar surface area (TPSA) is 51.2 Å².